The number of nitrogens with zero attached hydrogens (tertiary/aromatic N) is 4. The number of halogens is 1. The first-order chi connectivity index (χ1) is 13.7. The topological polar surface area (TPSA) is 76.8 Å². The van der Waals surface area contributed by atoms with Crippen LogP contribution in [0, 0.1) is 5.82 Å². The van der Waals surface area contributed by atoms with E-state index in [1.54, 1.807) is 22.9 Å². The van der Waals surface area contributed by atoms with Crippen LogP contribution in [0.1, 0.15) is 35.1 Å². The van der Waals surface area contributed by atoms with Crippen LogP contribution in [0.4, 0.5) is 4.39 Å². The molecule has 0 radical (unpaired) electrons. The molecule has 1 amide bonds. The Morgan fingerprint density at radius 3 is 2.82 bits per heavy atom. The minimum absolute atomic E-state index is 0.180. The first-order valence-electron chi connectivity index (χ1n) is 9.53. The van der Waals surface area contributed by atoms with Gasteiger partial charge in [0, 0.05) is 31.9 Å². The lowest BCUT2D eigenvalue weighted by Gasteiger charge is -2.22. The fraction of sp³-hybridized carbons (Fsp3) is 0.350. The molecule has 1 saturated heterocycles. The molecule has 1 aliphatic rings. The molecule has 4 rings (SSSR count). The van der Waals surface area contributed by atoms with Gasteiger partial charge in [0.1, 0.15) is 11.5 Å². The van der Waals surface area contributed by atoms with Crippen LogP contribution in [0.15, 0.2) is 48.8 Å². The van der Waals surface area contributed by atoms with Crippen molar-refractivity contribution in [3.05, 3.63) is 66.0 Å². The molecule has 146 valence electrons. The molecule has 2 aromatic heterocycles. The summed E-state index contributed by atoms with van der Waals surface area (Å²) < 4.78 is 16.6. The van der Waals surface area contributed by atoms with Gasteiger partial charge < -0.3 is 10.6 Å². The largest absolute Gasteiger partial charge is 0.350 e. The minimum Gasteiger partial charge on any atom is -0.350 e. The van der Waals surface area contributed by atoms with E-state index >= 15 is 0 Å². The third-order valence-corrected chi connectivity index (χ3v) is 4.89. The summed E-state index contributed by atoms with van der Waals surface area (Å²) in [6.45, 7) is 2.40. The average molecular weight is 382 g/mol. The smallest absolute Gasteiger partial charge is 0.271 e. The van der Waals surface area contributed by atoms with E-state index in [0.29, 0.717) is 24.7 Å². The highest BCUT2D eigenvalue weighted by atomic mass is 19.1. The number of amides is 1. The highest BCUT2D eigenvalue weighted by molar-refractivity contribution is 5.92. The molecular formula is C20H23FN6O. The van der Waals surface area contributed by atoms with Crippen molar-refractivity contribution in [1.82, 2.24) is 30.2 Å². The van der Waals surface area contributed by atoms with E-state index in [1.807, 2.05) is 23.1 Å². The van der Waals surface area contributed by atoms with Gasteiger partial charge in [0.2, 0.25) is 0 Å². The molecule has 1 fully saturated rings. The van der Waals surface area contributed by atoms with E-state index in [0.717, 1.165) is 37.3 Å². The minimum atomic E-state index is -0.277. The maximum Gasteiger partial charge on any atom is 0.271 e. The number of rotatable bonds is 6. The third kappa shape index (κ3) is 4.28. The van der Waals surface area contributed by atoms with Crippen molar-refractivity contribution in [2.75, 3.05) is 19.6 Å². The average Bonchev–Trinajstić information content (AvgIpc) is 3.39. The molecule has 3 heterocycles. The molecule has 2 N–H and O–H groups in total. The number of hydrogen-bond donors (Lipinski definition) is 2. The van der Waals surface area contributed by atoms with Crippen molar-refractivity contribution < 1.29 is 9.18 Å². The molecule has 0 spiro atoms. The van der Waals surface area contributed by atoms with Crippen LogP contribution in [0.2, 0.25) is 0 Å². The zero-order chi connectivity index (χ0) is 19.3. The lowest BCUT2D eigenvalue weighted by molar-refractivity contribution is 0.0947. The molecule has 1 atom stereocenters. The number of carbonyl (C=O) groups excluding carboxylic acids is 1. The number of aromatic nitrogens is 4. The Bertz CT molecular complexity index is 926. The van der Waals surface area contributed by atoms with Gasteiger partial charge in [0.05, 0.1) is 17.4 Å². The Hall–Kier alpha value is -3.00. The second-order valence-corrected chi connectivity index (χ2v) is 6.92. The molecule has 0 saturated carbocycles. The molecule has 7 nitrogen and oxygen atoms in total. The lowest BCUT2D eigenvalue weighted by atomic mass is 10.1. The first kappa shape index (κ1) is 18.4. The number of piperidine rings is 1. The van der Waals surface area contributed by atoms with Crippen LogP contribution in [0.5, 0.6) is 0 Å². The SMILES string of the molecule is O=C(NCCc1ccn(-c2ccc(F)cc2)n1)c1ccn(C2CCCNC2)n1. The van der Waals surface area contributed by atoms with Crippen LogP contribution in [-0.2, 0) is 6.42 Å². The van der Waals surface area contributed by atoms with Crippen LogP contribution in [0.3, 0.4) is 0 Å². The van der Waals surface area contributed by atoms with E-state index < -0.39 is 0 Å². The molecule has 1 aliphatic heterocycles. The summed E-state index contributed by atoms with van der Waals surface area (Å²) >= 11 is 0. The Morgan fingerprint density at radius 2 is 2.04 bits per heavy atom. The Balaban J connectivity index is 1.29. The predicted octanol–water partition coefficient (Wildman–Crippen LogP) is 2.10. The molecule has 1 aromatic carbocycles. The maximum absolute atomic E-state index is 13.0. The van der Waals surface area contributed by atoms with E-state index in [9.17, 15) is 9.18 Å². The van der Waals surface area contributed by atoms with Crippen molar-refractivity contribution in [1.29, 1.82) is 0 Å². The van der Waals surface area contributed by atoms with Gasteiger partial charge in [0.15, 0.2) is 0 Å². The van der Waals surface area contributed by atoms with Gasteiger partial charge >= 0.3 is 0 Å². The second-order valence-electron chi connectivity index (χ2n) is 6.92. The third-order valence-electron chi connectivity index (χ3n) is 4.89. The van der Waals surface area contributed by atoms with Crippen LogP contribution in [0.25, 0.3) is 5.69 Å². The summed E-state index contributed by atoms with van der Waals surface area (Å²) in [6.07, 6.45) is 6.50. The highest BCUT2D eigenvalue weighted by Gasteiger charge is 2.17. The summed E-state index contributed by atoms with van der Waals surface area (Å²) in [6, 6.07) is 10.1. The van der Waals surface area contributed by atoms with Gasteiger partial charge in [-0.15, -0.1) is 0 Å². The molecule has 28 heavy (non-hydrogen) atoms. The summed E-state index contributed by atoms with van der Waals surface area (Å²) in [7, 11) is 0. The molecular weight excluding hydrogens is 359 g/mol. The molecule has 0 aliphatic carbocycles. The van der Waals surface area contributed by atoms with Gasteiger partial charge in [0.25, 0.3) is 5.91 Å². The van der Waals surface area contributed by atoms with Crippen molar-refractivity contribution in [3.8, 4) is 5.69 Å². The van der Waals surface area contributed by atoms with Crippen molar-refractivity contribution >= 4 is 5.91 Å². The van der Waals surface area contributed by atoms with Crippen LogP contribution in [-0.4, -0.2) is 45.1 Å². The molecule has 3 aromatic rings. The van der Waals surface area contributed by atoms with Gasteiger partial charge in [-0.05, 0) is 55.8 Å². The Labute approximate surface area is 162 Å². The maximum atomic E-state index is 13.0. The molecule has 8 heteroatoms. The van der Waals surface area contributed by atoms with Gasteiger partial charge in [-0.1, -0.05) is 0 Å². The van der Waals surface area contributed by atoms with Crippen molar-refractivity contribution in [3.63, 3.8) is 0 Å². The summed E-state index contributed by atoms with van der Waals surface area (Å²) in [4.78, 5) is 12.3. The van der Waals surface area contributed by atoms with E-state index in [-0.39, 0.29) is 11.7 Å². The number of hydrogen-bond acceptors (Lipinski definition) is 4. The summed E-state index contributed by atoms with van der Waals surface area (Å²) in [5, 5.41) is 15.1. The Kier molecular flexibility index (Phi) is 5.48. The van der Waals surface area contributed by atoms with E-state index in [2.05, 4.69) is 20.8 Å². The van der Waals surface area contributed by atoms with Crippen LogP contribution < -0.4 is 10.6 Å². The second kappa shape index (κ2) is 8.35. The zero-order valence-electron chi connectivity index (χ0n) is 15.5. The zero-order valence-corrected chi connectivity index (χ0v) is 15.5. The number of carbonyl (C=O) groups is 1. The van der Waals surface area contributed by atoms with Gasteiger partial charge in [-0.3, -0.25) is 9.48 Å². The van der Waals surface area contributed by atoms with Gasteiger partial charge in [-0.2, -0.15) is 10.2 Å². The molecule has 0 bridgehead atoms. The summed E-state index contributed by atoms with van der Waals surface area (Å²) in [5.74, 6) is -0.457. The fourth-order valence-corrected chi connectivity index (χ4v) is 3.35. The lowest BCUT2D eigenvalue weighted by Crippen LogP contribution is -2.32. The highest BCUT2D eigenvalue weighted by Crippen LogP contribution is 2.15. The molecule has 1 unspecified atom stereocenters. The number of nitrogens with one attached hydrogen (secondary N) is 2. The fourth-order valence-electron chi connectivity index (χ4n) is 3.35. The first-order valence-corrected chi connectivity index (χ1v) is 9.53. The van der Waals surface area contributed by atoms with E-state index in [4.69, 9.17) is 0 Å². The number of benzene rings is 1. The quantitative estimate of drug-likeness (QED) is 0.685. The van der Waals surface area contributed by atoms with Gasteiger partial charge in [-0.25, -0.2) is 9.07 Å². The summed E-state index contributed by atoms with van der Waals surface area (Å²) in [5.41, 5.74) is 2.07. The predicted molar refractivity (Wildman–Crippen MR) is 103 cm³/mol. The monoisotopic (exact) mass is 382 g/mol. The van der Waals surface area contributed by atoms with E-state index in [1.165, 1.54) is 12.1 Å². The van der Waals surface area contributed by atoms with Crippen molar-refractivity contribution in [2.24, 2.45) is 0 Å². The normalized spacial score (nSPS) is 16.8. The Morgan fingerprint density at radius 1 is 1.18 bits per heavy atom. The van der Waals surface area contributed by atoms with Crippen LogP contribution >= 0.6 is 0 Å². The van der Waals surface area contributed by atoms with Crippen molar-refractivity contribution in [2.45, 2.75) is 25.3 Å². The standard InChI is InChI=1S/C20H23FN6O/c21-15-3-5-17(6-4-15)26-12-8-16(24-26)7-11-23-20(28)19-9-13-27(25-19)18-2-1-10-22-14-18/h3-6,8-9,12-13,18,22H,1-2,7,10-11,14H2,(H,23,28).